The lowest BCUT2D eigenvalue weighted by molar-refractivity contribution is 0.138. The second-order valence-electron chi connectivity index (χ2n) is 11.7. The normalized spacial score (nSPS) is 15.7. The minimum atomic E-state index is -0.578. The maximum absolute atomic E-state index is 14.3. The van der Waals surface area contributed by atoms with Gasteiger partial charge < -0.3 is 4.74 Å². The molecule has 2 aromatic carbocycles. The van der Waals surface area contributed by atoms with Crippen molar-refractivity contribution in [3.63, 3.8) is 0 Å². The number of aryl methyl sites for hydroxylation is 1. The molecule has 0 atom stereocenters. The summed E-state index contributed by atoms with van der Waals surface area (Å²) in [7, 11) is 0. The van der Waals surface area contributed by atoms with E-state index >= 15 is 0 Å². The van der Waals surface area contributed by atoms with Gasteiger partial charge in [-0.1, -0.05) is 54.9 Å². The molecule has 0 amide bonds. The molecule has 0 saturated carbocycles. The number of allylic oxidation sites excluding steroid dienone is 4. The fourth-order valence-corrected chi connectivity index (χ4v) is 6.22. The highest BCUT2D eigenvalue weighted by atomic mass is 16.5. The molecule has 0 saturated heterocycles. The molecule has 2 aliphatic rings. The van der Waals surface area contributed by atoms with Crippen LogP contribution in [0.3, 0.4) is 0 Å². The summed E-state index contributed by atoms with van der Waals surface area (Å²) in [6.07, 6.45) is 10.3. The summed E-state index contributed by atoms with van der Waals surface area (Å²) in [5.41, 5.74) is 6.85. The number of fused-ring (bicyclic) bond motifs is 2. The van der Waals surface area contributed by atoms with E-state index in [0.717, 1.165) is 70.7 Å². The fourth-order valence-electron chi connectivity index (χ4n) is 6.22. The molecular formula is C33H32N6O4. The van der Waals surface area contributed by atoms with E-state index in [-0.39, 0.29) is 11.2 Å². The van der Waals surface area contributed by atoms with Crippen molar-refractivity contribution >= 4 is 16.9 Å². The minimum Gasteiger partial charge on any atom is -0.487 e. The Morgan fingerprint density at radius 2 is 1.81 bits per heavy atom. The van der Waals surface area contributed by atoms with Gasteiger partial charge in [0.15, 0.2) is 5.82 Å². The highest BCUT2D eigenvalue weighted by Crippen LogP contribution is 2.36. The lowest BCUT2D eigenvalue weighted by atomic mass is 9.90. The first-order valence-corrected chi connectivity index (χ1v) is 14.7. The van der Waals surface area contributed by atoms with E-state index in [2.05, 4.69) is 53.1 Å². The zero-order valence-corrected chi connectivity index (χ0v) is 24.4. The van der Waals surface area contributed by atoms with Gasteiger partial charge in [0, 0.05) is 29.5 Å². The van der Waals surface area contributed by atoms with Crippen molar-refractivity contribution in [1.29, 1.82) is 0 Å². The highest BCUT2D eigenvalue weighted by molar-refractivity contribution is 6.03. The number of aromatic amines is 1. The number of hydrogen-bond acceptors (Lipinski definition) is 7. The molecule has 0 bridgehead atoms. The monoisotopic (exact) mass is 576 g/mol. The van der Waals surface area contributed by atoms with Crippen molar-refractivity contribution in [3.8, 4) is 11.4 Å². The summed E-state index contributed by atoms with van der Waals surface area (Å²) in [4.78, 5) is 33.1. The Bertz CT molecular complexity index is 2040. The Labute approximate surface area is 247 Å². The van der Waals surface area contributed by atoms with Crippen molar-refractivity contribution in [1.82, 2.24) is 29.3 Å². The molecule has 1 aliphatic heterocycles. The Hall–Kier alpha value is -4.99. The van der Waals surface area contributed by atoms with E-state index < -0.39 is 5.76 Å². The standard InChI is InChI=1S/C33H32N6O4/c1-4-7-27-26(16-20-10-12-21(13-11-20)24-8-5-6-9-25(24)29-36-32(41)43-37-29)30(40)38(31-34-19-35-39(27)31)23-14-15-28-22(17-23)18-33(2,3)42-28/h8-15,17,19H,4-7,16,18H2,1-3H3,(H,36,37,41). The Morgan fingerprint density at radius 3 is 2.56 bits per heavy atom. The zero-order chi connectivity index (χ0) is 29.7. The van der Waals surface area contributed by atoms with Crippen LogP contribution in [0.4, 0.5) is 0 Å². The van der Waals surface area contributed by atoms with E-state index in [9.17, 15) is 9.59 Å². The number of nitrogens with zero attached hydrogens (tertiary/aromatic N) is 5. The fraction of sp³-hybridized carbons (Fsp3) is 0.303. The van der Waals surface area contributed by atoms with Gasteiger partial charge in [0.2, 0.25) is 5.78 Å². The van der Waals surface area contributed by atoms with Gasteiger partial charge in [-0.05, 0) is 68.0 Å². The lowest BCUT2D eigenvalue weighted by Gasteiger charge is -2.17. The molecule has 0 fully saturated rings. The van der Waals surface area contributed by atoms with E-state index in [1.165, 1.54) is 6.33 Å². The second-order valence-corrected chi connectivity index (χ2v) is 11.7. The van der Waals surface area contributed by atoms with Crippen molar-refractivity contribution in [2.75, 3.05) is 0 Å². The van der Waals surface area contributed by atoms with Crippen LogP contribution in [0.5, 0.6) is 5.75 Å². The maximum atomic E-state index is 14.3. The van der Waals surface area contributed by atoms with Crippen LogP contribution in [0.2, 0.25) is 0 Å². The molecule has 10 heteroatoms. The predicted molar refractivity (Wildman–Crippen MR) is 163 cm³/mol. The molecule has 3 aromatic heterocycles. The van der Waals surface area contributed by atoms with Gasteiger partial charge >= 0.3 is 5.76 Å². The quantitative estimate of drug-likeness (QED) is 0.287. The number of hydrogen-bond donors (Lipinski definition) is 1. The predicted octanol–water partition coefficient (Wildman–Crippen LogP) is 5.07. The first-order chi connectivity index (χ1) is 20.8. The molecular weight excluding hydrogens is 544 g/mol. The summed E-state index contributed by atoms with van der Waals surface area (Å²) in [6.45, 7) is 6.23. The molecule has 0 radical (unpaired) electrons. The lowest BCUT2D eigenvalue weighted by Crippen LogP contribution is -2.28. The first-order valence-electron chi connectivity index (χ1n) is 14.7. The van der Waals surface area contributed by atoms with Gasteiger partial charge in [-0.15, -0.1) is 0 Å². The van der Waals surface area contributed by atoms with E-state index in [1.807, 2.05) is 47.0 Å². The van der Waals surface area contributed by atoms with Crippen LogP contribution in [-0.4, -0.2) is 34.9 Å². The van der Waals surface area contributed by atoms with Crippen LogP contribution in [0, 0.1) is 0 Å². The third-order valence-electron chi connectivity index (χ3n) is 8.08. The Morgan fingerprint density at radius 1 is 1.02 bits per heavy atom. The van der Waals surface area contributed by atoms with E-state index in [0.29, 0.717) is 30.0 Å². The number of rotatable bonds is 7. The average Bonchev–Trinajstić information content (AvgIpc) is 3.72. The Kier molecular flexibility index (Phi) is 6.49. The number of ether oxygens (including phenoxy) is 1. The molecule has 5 aromatic rings. The van der Waals surface area contributed by atoms with Crippen LogP contribution >= 0.6 is 0 Å². The van der Waals surface area contributed by atoms with Gasteiger partial charge in [-0.2, -0.15) is 10.1 Å². The molecule has 4 heterocycles. The maximum Gasteiger partial charge on any atom is 0.439 e. The summed E-state index contributed by atoms with van der Waals surface area (Å²) >= 11 is 0. The van der Waals surface area contributed by atoms with Crippen molar-refractivity contribution < 1.29 is 9.26 Å². The van der Waals surface area contributed by atoms with Crippen molar-refractivity contribution in [2.45, 2.75) is 64.9 Å². The largest absolute Gasteiger partial charge is 0.487 e. The molecule has 10 nitrogen and oxygen atoms in total. The summed E-state index contributed by atoms with van der Waals surface area (Å²) < 4.78 is 14.3. The van der Waals surface area contributed by atoms with Gasteiger partial charge in [0.05, 0.1) is 11.4 Å². The number of aromatic nitrogens is 6. The van der Waals surface area contributed by atoms with E-state index in [1.54, 1.807) is 4.57 Å². The highest BCUT2D eigenvalue weighted by Gasteiger charge is 2.30. The van der Waals surface area contributed by atoms with Gasteiger partial charge in [-0.3, -0.25) is 14.3 Å². The zero-order valence-electron chi connectivity index (χ0n) is 24.4. The second kappa shape index (κ2) is 10.4. The Balaban J connectivity index is 1.27. The first kappa shape index (κ1) is 26.9. The van der Waals surface area contributed by atoms with E-state index in [4.69, 9.17) is 9.26 Å². The molecule has 218 valence electrons. The van der Waals surface area contributed by atoms with Crippen LogP contribution < -0.4 is 16.1 Å². The summed E-state index contributed by atoms with van der Waals surface area (Å²) in [5.74, 6) is 1.20. The molecule has 43 heavy (non-hydrogen) atoms. The topological polar surface area (TPSA) is 120 Å². The molecule has 7 rings (SSSR count). The van der Waals surface area contributed by atoms with Crippen LogP contribution in [-0.2, 0) is 19.3 Å². The van der Waals surface area contributed by atoms with Gasteiger partial charge in [-0.25, -0.2) is 13.9 Å². The smallest absolute Gasteiger partial charge is 0.439 e. The van der Waals surface area contributed by atoms with Gasteiger partial charge in [0.1, 0.15) is 17.7 Å². The molecule has 0 unspecified atom stereocenters. The van der Waals surface area contributed by atoms with Crippen molar-refractivity contribution in [2.24, 2.45) is 0 Å². The number of H-pyrrole nitrogens is 1. The summed E-state index contributed by atoms with van der Waals surface area (Å²) in [5, 5.41) is 8.44. The van der Waals surface area contributed by atoms with Crippen LogP contribution in [0.15, 0.2) is 75.1 Å². The molecule has 1 N–H and O–H groups in total. The molecule has 0 spiro atoms. The van der Waals surface area contributed by atoms with Crippen molar-refractivity contribution in [3.05, 3.63) is 116 Å². The average molecular weight is 577 g/mol. The summed E-state index contributed by atoms with van der Waals surface area (Å²) in [6, 6.07) is 14.1. The minimum absolute atomic E-state index is 0.0960. The molecule has 1 aliphatic carbocycles. The third kappa shape index (κ3) is 4.82. The third-order valence-corrected chi connectivity index (χ3v) is 8.08. The van der Waals surface area contributed by atoms with Crippen LogP contribution in [0.1, 0.15) is 73.8 Å². The number of nitrogens with one attached hydrogen (secondary N) is 1. The number of benzene rings is 2. The SMILES string of the molecule is CCCc1c(Cc2ccc(C3=CCCC=C3c3noc(=O)[nH]3)cc2)c(=O)n(-c2ccc3c(c2)CC(C)(C)O3)c2ncnn12. The van der Waals surface area contributed by atoms with Crippen LogP contribution in [0.25, 0.3) is 22.6 Å². The van der Waals surface area contributed by atoms with Gasteiger partial charge in [0.25, 0.3) is 5.56 Å².